The molecule has 0 saturated heterocycles. The van der Waals surface area contributed by atoms with Crippen LogP contribution in [0.2, 0.25) is 5.02 Å². The SMILES string of the molecule is Clc1ccc2c(c1SCc1ccc(NC3CCCCC3)nc1)CCNCC2.O=C(O)CCC(=O)O. The minimum atomic E-state index is -1.08. The second kappa shape index (κ2) is 14.3. The van der Waals surface area contributed by atoms with Crippen molar-refractivity contribution in [3.8, 4) is 0 Å². The van der Waals surface area contributed by atoms with Crippen LogP contribution in [0.4, 0.5) is 5.82 Å². The maximum absolute atomic E-state index is 9.64. The number of anilines is 1. The van der Waals surface area contributed by atoms with Crippen LogP contribution in [0, 0.1) is 0 Å². The molecule has 1 aromatic heterocycles. The van der Waals surface area contributed by atoms with Crippen LogP contribution in [0.3, 0.4) is 0 Å². The lowest BCUT2D eigenvalue weighted by atomic mass is 9.95. The number of carboxylic acids is 2. The largest absolute Gasteiger partial charge is 0.481 e. The van der Waals surface area contributed by atoms with Gasteiger partial charge in [-0.1, -0.05) is 43.0 Å². The fourth-order valence-corrected chi connectivity index (χ4v) is 5.72. The topological polar surface area (TPSA) is 112 Å². The van der Waals surface area contributed by atoms with E-state index in [-0.39, 0.29) is 12.8 Å². The fraction of sp³-hybridized carbons (Fsp3) is 0.500. The lowest BCUT2D eigenvalue weighted by molar-refractivity contribution is -0.143. The summed E-state index contributed by atoms with van der Waals surface area (Å²) in [5.41, 5.74) is 4.12. The first kappa shape index (κ1) is 27.3. The first-order valence-corrected chi connectivity index (χ1v) is 13.6. The van der Waals surface area contributed by atoms with Gasteiger partial charge in [-0.25, -0.2) is 4.98 Å². The third kappa shape index (κ3) is 9.35. The molecule has 2 heterocycles. The van der Waals surface area contributed by atoms with Crippen molar-refractivity contribution in [3.05, 3.63) is 52.2 Å². The Morgan fingerprint density at radius 3 is 2.40 bits per heavy atom. The van der Waals surface area contributed by atoms with Gasteiger partial charge in [-0.05, 0) is 67.6 Å². The van der Waals surface area contributed by atoms with E-state index in [1.54, 1.807) is 0 Å². The highest BCUT2D eigenvalue weighted by Crippen LogP contribution is 2.36. The molecule has 35 heavy (non-hydrogen) atoms. The number of pyridine rings is 1. The summed E-state index contributed by atoms with van der Waals surface area (Å²) in [7, 11) is 0. The second-order valence-corrected chi connectivity index (χ2v) is 10.3. The van der Waals surface area contributed by atoms with Gasteiger partial charge in [-0.3, -0.25) is 9.59 Å². The quantitative estimate of drug-likeness (QED) is 0.343. The number of nitrogens with one attached hydrogen (secondary N) is 2. The molecule has 2 aromatic rings. The summed E-state index contributed by atoms with van der Waals surface area (Å²) in [5, 5.41) is 23.8. The van der Waals surface area contributed by atoms with Crippen molar-refractivity contribution in [1.82, 2.24) is 10.3 Å². The summed E-state index contributed by atoms with van der Waals surface area (Å²) in [5.74, 6) is -0.242. The number of carbonyl (C=O) groups is 2. The number of nitrogens with zero attached hydrogens (tertiary/aromatic N) is 1. The Balaban J connectivity index is 0.000000371. The van der Waals surface area contributed by atoms with E-state index in [0.29, 0.717) is 6.04 Å². The molecule has 0 radical (unpaired) electrons. The number of benzene rings is 1. The molecule has 4 N–H and O–H groups in total. The van der Waals surface area contributed by atoms with Crippen LogP contribution in [0.25, 0.3) is 0 Å². The van der Waals surface area contributed by atoms with Crippen molar-refractivity contribution in [2.24, 2.45) is 0 Å². The summed E-state index contributed by atoms with van der Waals surface area (Å²) >= 11 is 8.39. The van der Waals surface area contributed by atoms with Crippen molar-refractivity contribution in [2.45, 2.75) is 74.5 Å². The molecule has 1 fully saturated rings. The number of fused-ring (bicyclic) bond motifs is 1. The highest BCUT2D eigenvalue weighted by atomic mass is 35.5. The first-order valence-electron chi connectivity index (χ1n) is 12.2. The monoisotopic (exact) mass is 519 g/mol. The maximum atomic E-state index is 9.64. The minimum Gasteiger partial charge on any atom is -0.481 e. The van der Waals surface area contributed by atoms with Gasteiger partial charge in [0.15, 0.2) is 0 Å². The molecule has 1 aromatic carbocycles. The predicted molar refractivity (Wildman–Crippen MR) is 141 cm³/mol. The number of aromatic nitrogens is 1. The summed E-state index contributed by atoms with van der Waals surface area (Å²) in [4.78, 5) is 25.2. The van der Waals surface area contributed by atoms with E-state index >= 15 is 0 Å². The van der Waals surface area contributed by atoms with E-state index in [2.05, 4.69) is 39.9 Å². The van der Waals surface area contributed by atoms with Crippen molar-refractivity contribution in [3.63, 3.8) is 0 Å². The molecule has 0 amide bonds. The summed E-state index contributed by atoms with van der Waals surface area (Å²) < 4.78 is 0. The molecule has 0 bridgehead atoms. The molecule has 9 heteroatoms. The zero-order chi connectivity index (χ0) is 25.0. The second-order valence-electron chi connectivity index (χ2n) is 8.87. The smallest absolute Gasteiger partial charge is 0.303 e. The van der Waals surface area contributed by atoms with Crippen LogP contribution < -0.4 is 10.6 Å². The Hall–Kier alpha value is -2.29. The van der Waals surface area contributed by atoms with Gasteiger partial charge in [0, 0.05) is 22.9 Å². The summed E-state index contributed by atoms with van der Waals surface area (Å²) in [6.45, 7) is 2.09. The van der Waals surface area contributed by atoms with Gasteiger partial charge in [0.05, 0.1) is 17.9 Å². The molecule has 1 aliphatic carbocycles. The number of aliphatic carboxylic acids is 2. The third-order valence-electron chi connectivity index (χ3n) is 6.15. The lowest BCUT2D eigenvalue weighted by Crippen LogP contribution is -2.22. The predicted octanol–water partition coefficient (Wildman–Crippen LogP) is 5.40. The van der Waals surface area contributed by atoms with Crippen molar-refractivity contribution in [2.75, 3.05) is 18.4 Å². The Morgan fingerprint density at radius 1 is 1.03 bits per heavy atom. The highest BCUT2D eigenvalue weighted by Gasteiger charge is 2.16. The van der Waals surface area contributed by atoms with Crippen molar-refractivity contribution >= 4 is 41.1 Å². The number of rotatable bonds is 8. The van der Waals surface area contributed by atoms with Crippen LogP contribution in [0.1, 0.15) is 61.6 Å². The molecule has 4 rings (SSSR count). The van der Waals surface area contributed by atoms with E-state index in [1.165, 1.54) is 53.7 Å². The molecule has 190 valence electrons. The molecule has 0 spiro atoms. The average Bonchev–Trinajstić information content (AvgIpc) is 3.10. The van der Waals surface area contributed by atoms with Gasteiger partial charge in [-0.15, -0.1) is 11.8 Å². The molecule has 1 aliphatic heterocycles. The van der Waals surface area contributed by atoms with Crippen LogP contribution in [-0.4, -0.2) is 46.3 Å². The van der Waals surface area contributed by atoms with Crippen molar-refractivity contribution < 1.29 is 19.8 Å². The zero-order valence-corrected chi connectivity index (χ0v) is 21.5. The van der Waals surface area contributed by atoms with Crippen molar-refractivity contribution in [1.29, 1.82) is 0 Å². The van der Waals surface area contributed by atoms with Gasteiger partial charge in [0.2, 0.25) is 0 Å². The standard InChI is InChI=1S/C22H28ClN3S.C4H6O4/c23-20-8-7-17-10-12-24-13-11-19(17)22(20)27-15-16-6-9-21(25-14-16)26-18-4-2-1-3-5-18;5-3(6)1-2-4(7)8/h6-9,14,18,24H,1-5,10-13,15H2,(H,25,26);1-2H2,(H,5,6)(H,7,8). The molecular weight excluding hydrogens is 486 g/mol. The maximum Gasteiger partial charge on any atom is 0.303 e. The third-order valence-corrected chi connectivity index (χ3v) is 7.81. The molecular formula is C26H34ClN3O4S. The molecule has 0 atom stereocenters. The Kier molecular flexibility index (Phi) is 11.2. The van der Waals surface area contributed by atoms with Gasteiger partial charge in [0.1, 0.15) is 5.82 Å². The lowest BCUT2D eigenvalue weighted by Gasteiger charge is -2.23. The summed E-state index contributed by atoms with van der Waals surface area (Å²) in [6.07, 6.45) is 10.2. The van der Waals surface area contributed by atoms with E-state index in [9.17, 15) is 9.59 Å². The first-order chi connectivity index (χ1) is 16.9. The molecule has 1 saturated carbocycles. The van der Waals surface area contributed by atoms with Gasteiger partial charge >= 0.3 is 11.9 Å². The number of carboxylic acid groups (broad SMARTS) is 2. The van der Waals surface area contributed by atoms with E-state index < -0.39 is 11.9 Å². The average molecular weight is 520 g/mol. The number of halogens is 1. The Bertz CT molecular complexity index is 967. The van der Waals surface area contributed by atoms with Crippen LogP contribution in [0.5, 0.6) is 0 Å². The fourth-order valence-electron chi connectivity index (χ4n) is 4.29. The minimum absolute atomic E-state index is 0.296. The van der Waals surface area contributed by atoms with Gasteiger partial charge < -0.3 is 20.8 Å². The Labute approximate surface area is 216 Å². The Morgan fingerprint density at radius 2 is 1.74 bits per heavy atom. The summed E-state index contributed by atoms with van der Waals surface area (Å²) in [6, 6.07) is 9.17. The number of hydrogen-bond acceptors (Lipinski definition) is 6. The molecule has 2 aliphatic rings. The molecule has 0 unspecified atom stereocenters. The van der Waals surface area contributed by atoms with Gasteiger partial charge in [0.25, 0.3) is 0 Å². The van der Waals surface area contributed by atoms with Crippen LogP contribution in [-0.2, 0) is 28.2 Å². The molecule has 7 nitrogen and oxygen atoms in total. The van der Waals surface area contributed by atoms with Gasteiger partial charge in [-0.2, -0.15) is 0 Å². The number of hydrogen-bond donors (Lipinski definition) is 4. The van der Waals surface area contributed by atoms with Crippen LogP contribution >= 0.6 is 23.4 Å². The normalized spacial score (nSPS) is 15.8. The zero-order valence-electron chi connectivity index (χ0n) is 19.9. The highest BCUT2D eigenvalue weighted by molar-refractivity contribution is 7.98. The van der Waals surface area contributed by atoms with E-state index in [0.717, 1.165) is 42.5 Å². The van der Waals surface area contributed by atoms with Crippen LogP contribution in [0.15, 0.2) is 35.4 Å². The number of thioether (sulfide) groups is 1. The van der Waals surface area contributed by atoms with E-state index in [1.807, 2.05) is 18.0 Å². The van der Waals surface area contributed by atoms with E-state index in [4.69, 9.17) is 21.8 Å².